The molecule has 0 aromatic heterocycles. The number of hydrogen-bond donors (Lipinski definition) is 0. The molecule has 0 spiro atoms. The maximum atomic E-state index is 5.46. The van der Waals surface area contributed by atoms with E-state index in [0.29, 0.717) is 5.92 Å². The molecule has 2 heteroatoms. The molecule has 0 saturated carbocycles. The molecule has 2 rings (SSSR count). The normalized spacial score (nSPS) is 17.6. The second-order valence-electron chi connectivity index (χ2n) is 5.33. The largest absolute Gasteiger partial charge is 0.381 e. The summed E-state index contributed by atoms with van der Waals surface area (Å²) >= 11 is 0. The van der Waals surface area contributed by atoms with Gasteiger partial charge in [0.15, 0.2) is 0 Å². The van der Waals surface area contributed by atoms with Crippen molar-refractivity contribution < 1.29 is 4.74 Å². The lowest BCUT2D eigenvalue weighted by atomic mass is 9.87. The summed E-state index contributed by atoms with van der Waals surface area (Å²) in [5, 5.41) is 0. The average Bonchev–Trinajstić information content (AvgIpc) is 2.29. The Labute approximate surface area is 105 Å². The van der Waals surface area contributed by atoms with Gasteiger partial charge in [0.05, 0.1) is 0 Å². The van der Waals surface area contributed by atoms with Gasteiger partial charge in [-0.1, -0.05) is 23.8 Å². The molecule has 1 aliphatic heterocycles. The lowest BCUT2D eigenvalue weighted by Gasteiger charge is -2.26. The summed E-state index contributed by atoms with van der Waals surface area (Å²) in [6.07, 6.45) is 2.34. The van der Waals surface area contributed by atoms with Crippen molar-refractivity contribution in [2.45, 2.75) is 32.2 Å². The van der Waals surface area contributed by atoms with Gasteiger partial charge in [0.25, 0.3) is 0 Å². The maximum Gasteiger partial charge on any atom is 0.0471 e. The van der Waals surface area contributed by atoms with Crippen molar-refractivity contribution in [3.05, 3.63) is 34.9 Å². The van der Waals surface area contributed by atoms with E-state index in [1.165, 1.54) is 29.5 Å². The molecule has 1 heterocycles. The lowest BCUT2D eigenvalue weighted by molar-refractivity contribution is 0.0850. The van der Waals surface area contributed by atoms with Crippen molar-refractivity contribution in [2.24, 2.45) is 0 Å². The van der Waals surface area contributed by atoms with Gasteiger partial charge in [-0.3, -0.25) is 0 Å². The molecule has 0 atom stereocenters. The Hall–Kier alpha value is -0.860. The van der Waals surface area contributed by atoms with Crippen LogP contribution in [-0.2, 0) is 11.3 Å². The Morgan fingerprint density at radius 3 is 2.59 bits per heavy atom. The third-order valence-corrected chi connectivity index (χ3v) is 3.45. The number of nitrogens with zero attached hydrogens (tertiary/aromatic N) is 1. The maximum absolute atomic E-state index is 5.46. The van der Waals surface area contributed by atoms with Gasteiger partial charge in [-0.15, -0.1) is 0 Å². The minimum atomic E-state index is 0.694. The van der Waals surface area contributed by atoms with E-state index in [4.69, 9.17) is 4.74 Å². The van der Waals surface area contributed by atoms with Gasteiger partial charge in [-0.05, 0) is 50.9 Å². The topological polar surface area (TPSA) is 12.5 Å². The van der Waals surface area contributed by atoms with Crippen LogP contribution in [0.25, 0.3) is 0 Å². The van der Waals surface area contributed by atoms with Gasteiger partial charge in [0.1, 0.15) is 0 Å². The molecule has 17 heavy (non-hydrogen) atoms. The number of aryl methyl sites for hydroxylation is 1. The van der Waals surface area contributed by atoms with E-state index in [-0.39, 0.29) is 0 Å². The second-order valence-corrected chi connectivity index (χ2v) is 5.33. The SMILES string of the molecule is Cc1ccc(C2CCOCC2)c(CN(C)C)c1. The van der Waals surface area contributed by atoms with Crippen LogP contribution < -0.4 is 0 Å². The first-order valence-corrected chi connectivity index (χ1v) is 6.48. The first kappa shape index (κ1) is 12.6. The standard InChI is InChI=1S/C15H23NO/c1-12-4-5-15(13-6-8-17-9-7-13)14(10-12)11-16(2)3/h4-5,10,13H,6-9,11H2,1-3H3. The molecule has 0 N–H and O–H groups in total. The van der Waals surface area contributed by atoms with Crippen LogP contribution >= 0.6 is 0 Å². The Balaban J connectivity index is 2.24. The fraction of sp³-hybridized carbons (Fsp3) is 0.600. The summed E-state index contributed by atoms with van der Waals surface area (Å²) in [5.74, 6) is 0.694. The number of hydrogen-bond acceptors (Lipinski definition) is 2. The highest BCUT2D eigenvalue weighted by Gasteiger charge is 2.18. The smallest absolute Gasteiger partial charge is 0.0471 e. The van der Waals surface area contributed by atoms with Gasteiger partial charge in [0, 0.05) is 19.8 Å². The molecular formula is C15H23NO. The van der Waals surface area contributed by atoms with Crippen molar-refractivity contribution in [1.82, 2.24) is 4.90 Å². The zero-order chi connectivity index (χ0) is 12.3. The van der Waals surface area contributed by atoms with Crippen LogP contribution in [0.5, 0.6) is 0 Å². The van der Waals surface area contributed by atoms with E-state index >= 15 is 0 Å². The first-order valence-electron chi connectivity index (χ1n) is 6.48. The minimum absolute atomic E-state index is 0.694. The summed E-state index contributed by atoms with van der Waals surface area (Å²) in [6.45, 7) is 5.04. The molecule has 0 amide bonds. The molecular weight excluding hydrogens is 210 g/mol. The fourth-order valence-corrected chi connectivity index (χ4v) is 2.62. The van der Waals surface area contributed by atoms with E-state index < -0.39 is 0 Å². The fourth-order valence-electron chi connectivity index (χ4n) is 2.62. The van der Waals surface area contributed by atoms with Crippen LogP contribution in [0, 0.1) is 6.92 Å². The van der Waals surface area contributed by atoms with Gasteiger partial charge < -0.3 is 9.64 Å². The molecule has 0 bridgehead atoms. The number of rotatable bonds is 3. The third-order valence-electron chi connectivity index (χ3n) is 3.45. The van der Waals surface area contributed by atoms with Crippen LogP contribution in [-0.4, -0.2) is 32.2 Å². The molecule has 94 valence electrons. The van der Waals surface area contributed by atoms with Crippen molar-refractivity contribution in [2.75, 3.05) is 27.3 Å². The van der Waals surface area contributed by atoms with E-state index in [2.05, 4.69) is 44.1 Å². The number of benzene rings is 1. The monoisotopic (exact) mass is 233 g/mol. The van der Waals surface area contributed by atoms with Crippen LogP contribution in [0.2, 0.25) is 0 Å². The quantitative estimate of drug-likeness (QED) is 0.796. The first-order chi connectivity index (χ1) is 8.16. The van der Waals surface area contributed by atoms with Crippen LogP contribution in [0.3, 0.4) is 0 Å². The highest BCUT2D eigenvalue weighted by molar-refractivity contribution is 5.34. The molecule has 2 nitrogen and oxygen atoms in total. The molecule has 1 saturated heterocycles. The zero-order valence-electron chi connectivity index (χ0n) is 11.2. The Morgan fingerprint density at radius 1 is 1.24 bits per heavy atom. The Morgan fingerprint density at radius 2 is 1.94 bits per heavy atom. The summed E-state index contributed by atoms with van der Waals surface area (Å²) in [4.78, 5) is 2.25. The molecule has 0 aliphatic carbocycles. The average molecular weight is 233 g/mol. The predicted octanol–water partition coefficient (Wildman–Crippen LogP) is 2.95. The predicted molar refractivity (Wildman–Crippen MR) is 71.4 cm³/mol. The van der Waals surface area contributed by atoms with E-state index in [9.17, 15) is 0 Å². The number of ether oxygens (including phenoxy) is 1. The van der Waals surface area contributed by atoms with Crippen LogP contribution in [0.15, 0.2) is 18.2 Å². The molecule has 0 radical (unpaired) electrons. The molecule has 1 aromatic carbocycles. The molecule has 1 aliphatic rings. The van der Waals surface area contributed by atoms with E-state index in [1.54, 1.807) is 0 Å². The second kappa shape index (κ2) is 5.65. The highest BCUT2D eigenvalue weighted by Crippen LogP contribution is 2.30. The molecule has 0 unspecified atom stereocenters. The summed E-state index contributed by atoms with van der Waals surface area (Å²) in [5.41, 5.74) is 4.38. The van der Waals surface area contributed by atoms with Gasteiger partial charge in [-0.25, -0.2) is 0 Å². The summed E-state index contributed by atoms with van der Waals surface area (Å²) in [7, 11) is 4.27. The van der Waals surface area contributed by atoms with Crippen molar-refractivity contribution in [1.29, 1.82) is 0 Å². The van der Waals surface area contributed by atoms with E-state index in [0.717, 1.165) is 19.8 Å². The van der Waals surface area contributed by atoms with Gasteiger partial charge in [0.2, 0.25) is 0 Å². The highest BCUT2D eigenvalue weighted by atomic mass is 16.5. The van der Waals surface area contributed by atoms with Crippen molar-refractivity contribution in [3.63, 3.8) is 0 Å². The van der Waals surface area contributed by atoms with Gasteiger partial charge in [-0.2, -0.15) is 0 Å². The van der Waals surface area contributed by atoms with Gasteiger partial charge >= 0.3 is 0 Å². The molecule has 1 fully saturated rings. The summed E-state index contributed by atoms with van der Waals surface area (Å²) < 4.78 is 5.46. The minimum Gasteiger partial charge on any atom is -0.381 e. The van der Waals surface area contributed by atoms with Crippen LogP contribution in [0.1, 0.15) is 35.4 Å². The van der Waals surface area contributed by atoms with E-state index in [1.807, 2.05) is 0 Å². The van der Waals surface area contributed by atoms with Crippen LogP contribution in [0.4, 0.5) is 0 Å². The molecule has 1 aromatic rings. The summed E-state index contributed by atoms with van der Waals surface area (Å²) in [6, 6.07) is 6.90. The Bertz CT molecular complexity index is 367. The zero-order valence-corrected chi connectivity index (χ0v) is 11.2. The third kappa shape index (κ3) is 3.30. The lowest BCUT2D eigenvalue weighted by Crippen LogP contribution is -2.18. The van der Waals surface area contributed by atoms with Crippen molar-refractivity contribution in [3.8, 4) is 0 Å². The van der Waals surface area contributed by atoms with Crippen molar-refractivity contribution >= 4 is 0 Å². The Kier molecular flexibility index (Phi) is 4.19.